The number of carbonyl (C=O) groups is 1. The Labute approximate surface area is 176 Å². The van der Waals surface area contributed by atoms with Crippen LogP contribution in [-0.4, -0.2) is 38.8 Å². The molecule has 0 radical (unpaired) electrons. The third kappa shape index (κ3) is 4.04. The van der Waals surface area contributed by atoms with Crippen molar-refractivity contribution < 1.29 is 17.9 Å². The molecule has 0 spiro atoms. The molecule has 1 heterocycles. The molecule has 0 bridgehead atoms. The summed E-state index contributed by atoms with van der Waals surface area (Å²) in [6, 6.07) is 20.1. The SMILES string of the molecule is COc1ccc(S(=O)(=O)N2CCC(C(=O)Nc3cccc4ccccc34)CC2)cc1. The van der Waals surface area contributed by atoms with E-state index in [4.69, 9.17) is 4.74 Å². The van der Waals surface area contributed by atoms with Gasteiger partial charge >= 0.3 is 0 Å². The number of hydrogen-bond donors (Lipinski definition) is 1. The third-order valence-corrected chi connectivity index (χ3v) is 7.48. The smallest absolute Gasteiger partial charge is 0.243 e. The van der Waals surface area contributed by atoms with E-state index in [1.807, 2.05) is 42.5 Å². The Balaban J connectivity index is 1.41. The number of anilines is 1. The first-order valence-corrected chi connectivity index (χ1v) is 11.4. The summed E-state index contributed by atoms with van der Waals surface area (Å²) in [5, 5.41) is 5.09. The number of amides is 1. The van der Waals surface area contributed by atoms with Gasteiger partial charge in [-0.05, 0) is 48.6 Å². The van der Waals surface area contributed by atoms with Crippen molar-refractivity contribution in [2.75, 3.05) is 25.5 Å². The van der Waals surface area contributed by atoms with E-state index in [9.17, 15) is 13.2 Å². The fourth-order valence-electron chi connectivity index (χ4n) is 3.82. The summed E-state index contributed by atoms with van der Waals surface area (Å²) in [5.74, 6) is 0.330. The quantitative estimate of drug-likeness (QED) is 0.674. The fourth-order valence-corrected chi connectivity index (χ4v) is 5.29. The van der Waals surface area contributed by atoms with Gasteiger partial charge in [-0.3, -0.25) is 4.79 Å². The second-order valence-electron chi connectivity index (χ2n) is 7.37. The lowest BCUT2D eigenvalue weighted by molar-refractivity contribution is -0.120. The highest BCUT2D eigenvalue weighted by atomic mass is 32.2. The van der Waals surface area contributed by atoms with E-state index in [0.29, 0.717) is 31.7 Å². The van der Waals surface area contributed by atoms with Crippen LogP contribution in [-0.2, 0) is 14.8 Å². The molecule has 1 aliphatic rings. The van der Waals surface area contributed by atoms with Crippen molar-refractivity contribution in [2.45, 2.75) is 17.7 Å². The predicted octanol–water partition coefficient (Wildman–Crippen LogP) is 3.89. The summed E-state index contributed by atoms with van der Waals surface area (Å²) < 4.78 is 32.3. The van der Waals surface area contributed by atoms with E-state index in [1.54, 1.807) is 24.3 Å². The maximum Gasteiger partial charge on any atom is 0.243 e. The second kappa shape index (κ2) is 8.45. The Morgan fingerprint density at radius 1 is 0.967 bits per heavy atom. The summed E-state index contributed by atoms with van der Waals surface area (Å²) in [4.78, 5) is 13.1. The van der Waals surface area contributed by atoms with Gasteiger partial charge in [0.05, 0.1) is 12.0 Å². The molecule has 3 aromatic carbocycles. The van der Waals surface area contributed by atoms with Crippen LogP contribution in [0.25, 0.3) is 10.8 Å². The van der Waals surface area contributed by atoms with Crippen molar-refractivity contribution in [2.24, 2.45) is 5.92 Å². The molecule has 30 heavy (non-hydrogen) atoms. The minimum Gasteiger partial charge on any atom is -0.497 e. The van der Waals surface area contributed by atoms with Gasteiger partial charge < -0.3 is 10.1 Å². The van der Waals surface area contributed by atoms with Crippen molar-refractivity contribution in [3.8, 4) is 5.75 Å². The molecule has 6 nitrogen and oxygen atoms in total. The molecule has 1 saturated heterocycles. The van der Waals surface area contributed by atoms with Crippen LogP contribution >= 0.6 is 0 Å². The first-order chi connectivity index (χ1) is 14.5. The Morgan fingerprint density at radius 3 is 2.33 bits per heavy atom. The standard InChI is InChI=1S/C23H24N2O4S/c1-29-19-9-11-20(12-10-19)30(27,28)25-15-13-18(14-16-25)23(26)24-22-8-4-6-17-5-2-3-7-21(17)22/h2-12,18H,13-16H2,1H3,(H,24,26). The Hall–Kier alpha value is -2.90. The van der Waals surface area contributed by atoms with E-state index in [1.165, 1.54) is 11.4 Å². The van der Waals surface area contributed by atoms with Crippen LogP contribution in [0.2, 0.25) is 0 Å². The van der Waals surface area contributed by atoms with Crippen LogP contribution in [0.1, 0.15) is 12.8 Å². The number of sulfonamides is 1. The molecule has 0 saturated carbocycles. The monoisotopic (exact) mass is 424 g/mol. The summed E-state index contributed by atoms with van der Waals surface area (Å²) in [6.07, 6.45) is 0.984. The maximum atomic E-state index is 12.9. The molecule has 1 fully saturated rings. The number of carbonyl (C=O) groups excluding carboxylic acids is 1. The zero-order chi connectivity index (χ0) is 21.1. The Kier molecular flexibility index (Phi) is 5.74. The van der Waals surface area contributed by atoms with E-state index >= 15 is 0 Å². The average Bonchev–Trinajstić information content (AvgIpc) is 2.79. The van der Waals surface area contributed by atoms with Crippen molar-refractivity contribution in [1.82, 2.24) is 4.31 Å². The molecule has 0 unspecified atom stereocenters. The number of hydrogen-bond acceptors (Lipinski definition) is 4. The minimum atomic E-state index is -3.58. The summed E-state index contributed by atoms with van der Waals surface area (Å²) >= 11 is 0. The molecule has 0 atom stereocenters. The average molecular weight is 425 g/mol. The Morgan fingerprint density at radius 2 is 1.63 bits per heavy atom. The van der Waals surface area contributed by atoms with Gasteiger partial charge in [0.2, 0.25) is 15.9 Å². The molecular formula is C23H24N2O4S. The van der Waals surface area contributed by atoms with Gasteiger partial charge in [-0.1, -0.05) is 36.4 Å². The van der Waals surface area contributed by atoms with Gasteiger partial charge in [0.25, 0.3) is 0 Å². The highest BCUT2D eigenvalue weighted by Gasteiger charge is 2.32. The number of ether oxygens (including phenoxy) is 1. The third-order valence-electron chi connectivity index (χ3n) is 5.57. The Bertz CT molecular complexity index is 1150. The number of fused-ring (bicyclic) bond motifs is 1. The molecule has 4 rings (SSSR count). The molecule has 7 heteroatoms. The zero-order valence-electron chi connectivity index (χ0n) is 16.7. The van der Waals surface area contributed by atoms with Gasteiger partial charge in [0, 0.05) is 30.1 Å². The molecule has 1 amide bonds. The molecule has 0 aliphatic carbocycles. The van der Waals surface area contributed by atoms with Gasteiger partial charge in [0.15, 0.2) is 0 Å². The first kappa shape index (κ1) is 20.4. The van der Waals surface area contributed by atoms with E-state index in [0.717, 1.165) is 16.5 Å². The normalized spacial score (nSPS) is 15.8. The van der Waals surface area contributed by atoms with E-state index in [-0.39, 0.29) is 16.7 Å². The summed E-state index contributed by atoms with van der Waals surface area (Å²) in [6.45, 7) is 0.643. The van der Waals surface area contributed by atoms with Crippen molar-refractivity contribution >= 4 is 32.4 Å². The van der Waals surface area contributed by atoms with E-state index < -0.39 is 10.0 Å². The van der Waals surface area contributed by atoms with Crippen molar-refractivity contribution in [3.63, 3.8) is 0 Å². The molecule has 1 aliphatic heterocycles. The first-order valence-electron chi connectivity index (χ1n) is 9.92. The van der Waals surface area contributed by atoms with Gasteiger partial charge in [-0.15, -0.1) is 0 Å². The van der Waals surface area contributed by atoms with Crippen LogP contribution in [0.5, 0.6) is 5.75 Å². The number of methoxy groups -OCH3 is 1. The predicted molar refractivity (Wildman–Crippen MR) is 117 cm³/mol. The van der Waals surface area contributed by atoms with Crippen LogP contribution in [0.4, 0.5) is 5.69 Å². The minimum absolute atomic E-state index is 0.0622. The van der Waals surface area contributed by atoms with Crippen molar-refractivity contribution in [1.29, 1.82) is 0 Å². The van der Waals surface area contributed by atoms with Crippen LogP contribution < -0.4 is 10.1 Å². The second-order valence-corrected chi connectivity index (χ2v) is 9.31. The number of nitrogens with one attached hydrogen (secondary N) is 1. The van der Waals surface area contributed by atoms with Crippen LogP contribution in [0, 0.1) is 5.92 Å². The summed E-state index contributed by atoms with van der Waals surface area (Å²) in [5.41, 5.74) is 0.784. The topological polar surface area (TPSA) is 75.7 Å². The summed E-state index contributed by atoms with van der Waals surface area (Å²) in [7, 11) is -2.04. The largest absolute Gasteiger partial charge is 0.497 e. The zero-order valence-corrected chi connectivity index (χ0v) is 17.6. The lowest BCUT2D eigenvalue weighted by Gasteiger charge is -2.30. The lowest BCUT2D eigenvalue weighted by Crippen LogP contribution is -2.41. The molecule has 3 aromatic rings. The molecule has 0 aromatic heterocycles. The van der Waals surface area contributed by atoms with Crippen LogP contribution in [0.3, 0.4) is 0 Å². The highest BCUT2D eigenvalue weighted by molar-refractivity contribution is 7.89. The molecule has 1 N–H and O–H groups in total. The number of nitrogens with zero attached hydrogens (tertiary/aromatic N) is 1. The number of rotatable bonds is 5. The van der Waals surface area contributed by atoms with Gasteiger partial charge in [-0.2, -0.15) is 4.31 Å². The number of piperidine rings is 1. The van der Waals surface area contributed by atoms with Crippen molar-refractivity contribution in [3.05, 3.63) is 66.7 Å². The van der Waals surface area contributed by atoms with Gasteiger partial charge in [0.1, 0.15) is 5.75 Å². The maximum absolute atomic E-state index is 12.9. The highest BCUT2D eigenvalue weighted by Crippen LogP contribution is 2.28. The molecule has 156 valence electrons. The van der Waals surface area contributed by atoms with Crippen LogP contribution in [0.15, 0.2) is 71.6 Å². The van der Waals surface area contributed by atoms with E-state index in [2.05, 4.69) is 5.32 Å². The lowest BCUT2D eigenvalue weighted by atomic mass is 9.97. The number of benzene rings is 3. The van der Waals surface area contributed by atoms with Gasteiger partial charge in [-0.25, -0.2) is 8.42 Å². The molecular weight excluding hydrogens is 400 g/mol. The fraction of sp³-hybridized carbons (Fsp3) is 0.261.